The molecule has 9 heteroatoms. The number of amides is 1. The third kappa shape index (κ3) is 4.06. The maximum Gasteiger partial charge on any atom is 0.243 e. The number of benzene rings is 1. The summed E-state index contributed by atoms with van der Waals surface area (Å²) < 4.78 is 31.4. The van der Waals surface area contributed by atoms with Crippen molar-refractivity contribution < 1.29 is 17.7 Å². The normalized spacial score (nSPS) is 12.9. The molecule has 2 aromatic rings. The van der Waals surface area contributed by atoms with Crippen LogP contribution in [0.5, 0.6) is 0 Å². The van der Waals surface area contributed by atoms with E-state index in [1.54, 1.807) is 13.0 Å². The van der Waals surface area contributed by atoms with Gasteiger partial charge >= 0.3 is 0 Å². The number of nitrogens with one attached hydrogen (secondary N) is 2. The van der Waals surface area contributed by atoms with E-state index in [1.807, 2.05) is 0 Å². The van der Waals surface area contributed by atoms with E-state index in [2.05, 4.69) is 15.2 Å². The maximum atomic E-state index is 12.2. The lowest BCUT2D eigenvalue weighted by Gasteiger charge is -2.13. The molecule has 0 fully saturated rings. The Morgan fingerprint density at radius 1 is 1.36 bits per heavy atom. The van der Waals surface area contributed by atoms with E-state index in [0.29, 0.717) is 5.76 Å². The number of aromatic nitrogens is 1. The molecule has 0 unspecified atom stereocenters. The van der Waals surface area contributed by atoms with E-state index < -0.39 is 22.0 Å². The first-order valence-corrected chi connectivity index (χ1v) is 8.16. The third-order valence-corrected chi connectivity index (χ3v) is 4.48. The average Bonchev–Trinajstić information content (AvgIpc) is 2.83. The van der Waals surface area contributed by atoms with E-state index in [0.717, 1.165) is 0 Å². The highest BCUT2D eigenvalue weighted by atomic mass is 35.5. The van der Waals surface area contributed by atoms with Gasteiger partial charge in [0.05, 0.1) is 10.9 Å². The molecule has 22 heavy (non-hydrogen) atoms. The number of anilines is 1. The molecule has 2 rings (SSSR count). The molecule has 118 valence electrons. The zero-order chi connectivity index (χ0) is 16.3. The minimum atomic E-state index is -3.85. The molecule has 0 aliphatic heterocycles. The summed E-state index contributed by atoms with van der Waals surface area (Å²) >= 11 is 5.77. The van der Waals surface area contributed by atoms with Crippen LogP contribution in [0.2, 0.25) is 5.02 Å². The summed E-state index contributed by atoms with van der Waals surface area (Å²) in [4.78, 5) is 11.9. The fourth-order valence-corrected chi connectivity index (χ4v) is 3.15. The van der Waals surface area contributed by atoms with Crippen molar-refractivity contribution >= 4 is 33.3 Å². The predicted octanol–water partition coefficient (Wildman–Crippen LogP) is 1.94. The van der Waals surface area contributed by atoms with Crippen molar-refractivity contribution in [2.24, 2.45) is 0 Å². The number of carbonyl (C=O) groups is 1. The molecule has 1 heterocycles. The van der Waals surface area contributed by atoms with Crippen LogP contribution in [-0.2, 0) is 14.8 Å². The van der Waals surface area contributed by atoms with Gasteiger partial charge in [0.1, 0.15) is 5.76 Å². The molecule has 0 bridgehead atoms. The number of sulfonamides is 1. The second-order valence-electron chi connectivity index (χ2n) is 4.61. The van der Waals surface area contributed by atoms with Gasteiger partial charge in [-0.1, -0.05) is 22.8 Å². The van der Waals surface area contributed by atoms with Crippen LogP contribution in [0.3, 0.4) is 0 Å². The van der Waals surface area contributed by atoms with Gasteiger partial charge in [0, 0.05) is 11.1 Å². The summed E-state index contributed by atoms with van der Waals surface area (Å²) in [6, 6.07) is 6.29. The average molecular weight is 344 g/mol. The molecular formula is C13H14ClN3O4S. The van der Waals surface area contributed by atoms with E-state index in [-0.39, 0.29) is 15.7 Å². The number of nitrogens with zero attached hydrogens (tertiary/aromatic N) is 1. The van der Waals surface area contributed by atoms with Crippen molar-refractivity contribution in [1.82, 2.24) is 9.88 Å². The van der Waals surface area contributed by atoms with Gasteiger partial charge in [0.25, 0.3) is 0 Å². The first kappa shape index (κ1) is 16.5. The topological polar surface area (TPSA) is 101 Å². The number of hydrogen-bond acceptors (Lipinski definition) is 5. The van der Waals surface area contributed by atoms with Gasteiger partial charge < -0.3 is 9.84 Å². The molecule has 1 atom stereocenters. The fourth-order valence-electron chi connectivity index (χ4n) is 1.65. The van der Waals surface area contributed by atoms with Gasteiger partial charge in [0.2, 0.25) is 15.9 Å². The molecule has 0 radical (unpaired) electrons. The maximum absolute atomic E-state index is 12.2. The lowest BCUT2D eigenvalue weighted by molar-refractivity contribution is -0.117. The van der Waals surface area contributed by atoms with Gasteiger partial charge in [-0.3, -0.25) is 4.79 Å². The van der Waals surface area contributed by atoms with Crippen LogP contribution in [0.15, 0.2) is 39.8 Å². The monoisotopic (exact) mass is 343 g/mol. The molecule has 7 nitrogen and oxygen atoms in total. The molecule has 1 aromatic heterocycles. The number of halogens is 1. The molecule has 0 saturated carbocycles. The van der Waals surface area contributed by atoms with Crippen LogP contribution in [0.1, 0.15) is 12.7 Å². The number of hydrogen-bond donors (Lipinski definition) is 2. The molecule has 0 spiro atoms. The zero-order valence-corrected chi connectivity index (χ0v) is 13.4. The Morgan fingerprint density at radius 3 is 2.68 bits per heavy atom. The minimum absolute atomic E-state index is 0.0167. The van der Waals surface area contributed by atoms with Gasteiger partial charge in [-0.2, -0.15) is 4.72 Å². The summed E-state index contributed by atoms with van der Waals surface area (Å²) in [5.74, 6) is 0.192. The van der Waals surface area contributed by atoms with Crippen LogP contribution in [-0.4, -0.2) is 25.5 Å². The van der Waals surface area contributed by atoms with Crippen molar-refractivity contribution in [3.63, 3.8) is 0 Å². The van der Waals surface area contributed by atoms with Crippen LogP contribution >= 0.6 is 11.6 Å². The largest absolute Gasteiger partial charge is 0.360 e. The van der Waals surface area contributed by atoms with Crippen molar-refractivity contribution in [1.29, 1.82) is 0 Å². The number of carbonyl (C=O) groups excluding carboxylic acids is 1. The molecule has 1 aromatic carbocycles. The second-order valence-corrected chi connectivity index (χ2v) is 6.76. The van der Waals surface area contributed by atoms with E-state index in [1.165, 1.54) is 31.2 Å². The highest BCUT2D eigenvalue weighted by Crippen LogP contribution is 2.16. The number of rotatable bonds is 5. The Labute approximate surface area is 132 Å². The van der Waals surface area contributed by atoms with Gasteiger partial charge in [-0.05, 0) is 32.0 Å². The Morgan fingerprint density at radius 2 is 2.09 bits per heavy atom. The van der Waals surface area contributed by atoms with Crippen molar-refractivity contribution in [2.45, 2.75) is 24.8 Å². The van der Waals surface area contributed by atoms with Gasteiger partial charge in [0.15, 0.2) is 5.82 Å². The van der Waals surface area contributed by atoms with Gasteiger partial charge in [-0.25, -0.2) is 8.42 Å². The smallest absolute Gasteiger partial charge is 0.243 e. The number of aryl methyl sites for hydroxylation is 1. The fraction of sp³-hybridized carbons (Fsp3) is 0.231. The summed E-state index contributed by atoms with van der Waals surface area (Å²) in [7, 11) is -3.85. The van der Waals surface area contributed by atoms with Gasteiger partial charge in [-0.15, -0.1) is 0 Å². The Bertz CT molecular complexity index is 788. The van der Waals surface area contributed by atoms with E-state index in [9.17, 15) is 13.2 Å². The quantitative estimate of drug-likeness (QED) is 0.863. The summed E-state index contributed by atoms with van der Waals surface area (Å²) in [6.45, 7) is 3.10. The lowest BCUT2D eigenvalue weighted by atomic mass is 10.3. The molecule has 0 saturated heterocycles. The lowest BCUT2D eigenvalue weighted by Crippen LogP contribution is -2.41. The van der Waals surface area contributed by atoms with Crippen LogP contribution in [0.4, 0.5) is 5.82 Å². The molecule has 0 aliphatic rings. The predicted molar refractivity (Wildman–Crippen MR) is 81.1 cm³/mol. The van der Waals surface area contributed by atoms with Crippen molar-refractivity contribution in [3.8, 4) is 0 Å². The molecule has 2 N–H and O–H groups in total. The minimum Gasteiger partial charge on any atom is -0.360 e. The molecule has 0 aliphatic carbocycles. The zero-order valence-electron chi connectivity index (χ0n) is 11.8. The second kappa shape index (κ2) is 6.47. The molecular weight excluding hydrogens is 330 g/mol. The highest BCUT2D eigenvalue weighted by Gasteiger charge is 2.22. The van der Waals surface area contributed by atoms with E-state index >= 15 is 0 Å². The summed E-state index contributed by atoms with van der Waals surface area (Å²) in [6.07, 6.45) is 0. The van der Waals surface area contributed by atoms with Crippen LogP contribution in [0.25, 0.3) is 0 Å². The first-order chi connectivity index (χ1) is 10.3. The van der Waals surface area contributed by atoms with Crippen molar-refractivity contribution in [2.75, 3.05) is 5.32 Å². The SMILES string of the molecule is Cc1cc(NC(=O)[C@H](C)NS(=O)(=O)c2cccc(Cl)c2)no1. The Hall–Kier alpha value is -1.90. The first-order valence-electron chi connectivity index (χ1n) is 6.30. The van der Waals surface area contributed by atoms with Crippen molar-refractivity contribution in [3.05, 3.63) is 41.1 Å². The summed E-state index contributed by atoms with van der Waals surface area (Å²) in [5, 5.41) is 6.34. The Balaban J connectivity index is 2.07. The third-order valence-electron chi connectivity index (χ3n) is 2.71. The summed E-state index contributed by atoms with van der Waals surface area (Å²) in [5.41, 5.74) is 0. The van der Waals surface area contributed by atoms with Crippen LogP contribution in [0, 0.1) is 6.92 Å². The van der Waals surface area contributed by atoms with Crippen LogP contribution < -0.4 is 10.0 Å². The highest BCUT2D eigenvalue weighted by molar-refractivity contribution is 7.89. The van der Waals surface area contributed by atoms with E-state index in [4.69, 9.17) is 16.1 Å². The Kier molecular flexibility index (Phi) is 4.84. The molecule has 1 amide bonds. The standard InChI is InChI=1S/C13H14ClN3O4S/c1-8-6-12(16-21-8)15-13(18)9(2)17-22(19,20)11-5-3-4-10(14)7-11/h3-7,9,17H,1-2H3,(H,15,16,18)/t9-/m0/s1.